The summed E-state index contributed by atoms with van der Waals surface area (Å²) in [5, 5.41) is 2.75. The molecule has 166 valence electrons. The van der Waals surface area contributed by atoms with Gasteiger partial charge in [-0.3, -0.25) is 9.59 Å². The molecule has 0 radical (unpaired) electrons. The summed E-state index contributed by atoms with van der Waals surface area (Å²) < 4.78 is 1.03. The molecule has 1 unspecified atom stereocenters. The smallest absolute Gasteiger partial charge is 0.242 e. The highest BCUT2D eigenvalue weighted by atomic mass is 79.9. The number of nitrogens with one attached hydrogen (secondary N) is 1. The highest BCUT2D eigenvalue weighted by Gasteiger charge is 2.29. The molecule has 32 heavy (non-hydrogen) atoms. The van der Waals surface area contributed by atoms with Crippen molar-refractivity contribution < 1.29 is 9.59 Å². The van der Waals surface area contributed by atoms with Crippen LogP contribution in [0.3, 0.4) is 0 Å². The Kier molecular flexibility index (Phi) is 9.38. The number of carbonyl (C=O) groups excluding carboxylic acids is 2. The van der Waals surface area contributed by atoms with Gasteiger partial charge in [0.25, 0.3) is 0 Å². The molecule has 2 amide bonds. The number of amides is 2. The van der Waals surface area contributed by atoms with Gasteiger partial charge in [0.2, 0.25) is 11.8 Å². The first-order valence-corrected chi connectivity index (χ1v) is 12.4. The van der Waals surface area contributed by atoms with Gasteiger partial charge < -0.3 is 10.2 Å². The minimum Gasteiger partial charge on any atom is -0.357 e. The monoisotopic (exact) mass is 510 g/mol. The zero-order valence-electron chi connectivity index (χ0n) is 18.0. The Bertz CT molecular complexity index is 997. The molecule has 0 heterocycles. The maximum absolute atomic E-state index is 13.4. The Hall–Kier alpha value is -2.57. The molecule has 4 nitrogen and oxygen atoms in total. The van der Waals surface area contributed by atoms with Crippen LogP contribution in [0.5, 0.6) is 0 Å². The predicted molar refractivity (Wildman–Crippen MR) is 135 cm³/mol. The summed E-state index contributed by atoms with van der Waals surface area (Å²) in [5.74, 6) is 0.851. The van der Waals surface area contributed by atoms with Crippen LogP contribution in [0.15, 0.2) is 89.4 Å². The van der Waals surface area contributed by atoms with Gasteiger partial charge >= 0.3 is 0 Å². The topological polar surface area (TPSA) is 49.4 Å². The van der Waals surface area contributed by atoms with Crippen LogP contribution in [0.4, 0.5) is 0 Å². The Morgan fingerprint density at radius 2 is 1.47 bits per heavy atom. The summed E-state index contributed by atoms with van der Waals surface area (Å²) in [6, 6.07) is 27.2. The second kappa shape index (κ2) is 12.5. The molecule has 0 aromatic heterocycles. The van der Waals surface area contributed by atoms with Crippen molar-refractivity contribution in [1.82, 2.24) is 10.2 Å². The summed E-state index contributed by atoms with van der Waals surface area (Å²) in [6.07, 6.45) is 0.469. The summed E-state index contributed by atoms with van der Waals surface area (Å²) in [5.41, 5.74) is 3.18. The zero-order chi connectivity index (χ0) is 22.8. The molecule has 3 aromatic rings. The quantitative estimate of drug-likeness (QED) is 0.414. The standard InChI is InChI=1S/C26H27BrN2O2S/c1-28-26(31)24(16-20-8-4-2-5-9-20)29(17-21-10-6-3-7-11-21)25(30)19-32-18-22-12-14-23(27)15-13-22/h2-15,24H,16-19H2,1H3,(H,28,31). The fraction of sp³-hybridized carbons (Fsp3) is 0.231. The molecular formula is C26H27BrN2O2S. The number of halogens is 1. The molecular weight excluding hydrogens is 484 g/mol. The summed E-state index contributed by atoms with van der Waals surface area (Å²) in [4.78, 5) is 27.9. The molecule has 0 bridgehead atoms. The second-order valence-corrected chi connectivity index (χ2v) is 9.35. The van der Waals surface area contributed by atoms with Crippen LogP contribution in [0.2, 0.25) is 0 Å². The van der Waals surface area contributed by atoms with Crippen LogP contribution < -0.4 is 5.32 Å². The molecule has 0 saturated heterocycles. The number of hydrogen-bond donors (Lipinski definition) is 1. The SMILES string of the molecule is CNC(=O)C(Cc1ccccc1)N(Cc1ccccc1)C(=O)CSCc1ccc(Br)cc1. The van der Waals surface area contributed by atoms with Crippen molar-refractivity contribution in [3.8, 4) is 0 Å². The van der Waals surface area contributed by atoms with Crippen molar-refractivity contribution in [3.63, 3.8) is 0 Å². The van der Waals surface area contributed by atoms with Gasteiger partial charge in [-0.15, -0.1) is 11.8 Å². The molecule has 0 aliphatic heterocycles. The lowest BCUT2D eigenvalue weighted by Crippen LogP contribution is -2.50. The molecule has 1 atom stereocenters. The third-order valence-electron chi connectivity index (χ3n) is 5.12. The largest absolute Gasteiger partial charge is 0.357 e. The summed E-state index contributed by atoms with van der Waals surface area (Å²) in [7, 11) is 1.62. The predicted octanol–water partition coefficient (Wildman–Crippen LogP) is 5.07. The number of carbonyl (C=O) groups is 2. The molecule has 6 heteroatoms. The minimum atomic E-state index is -0.580. The first-order valence-electron chi connectivity index (χ1n) is 10.5. The normalized spacial score (nSPS) is 11.6. The van der Waals surface area contributed by atoms with Crippen LogP contribution in [0.25, 0.3) is 0 Å². The number of likely N-dealkylation sites (N-methyl/N-ethyl adjacent to an activating group) is 1. The molecule has 0 spiro atoms. The van der Waals surface area contributed by atoms with E-state index in [9.17, 15) is 9.59 Å². The average Bonchev–Trinajstić information content (AvgIpc) is 2.83. The molecule has 3 rings (SSSR count). The van der Waals surface area contributed by atoms with Gasteiger partial charge in [0.05, 0.1) is 5.75 Å². The van der Waals surface area contributed by atoms with E-state index in [0.29, 0.717) is 18.7 Å². The van der Waals surface area contributed by atoms with Gasteiger partial charge in [0.15, 0.2) is 0 Å². The van der Waals surface area contributed by atoms with Crippen LogP contribution in [0, 0.1) is 0 Å². The van der Waals surface area contributed by atoms with Crippen molar-refractivity contribution in [3.05, 3.63) is 106 Å². The zero-order valence-corrected chi connectivity index (χ0v) is 20.4. The van der Waals surface area contributed by atoms with E-state index in [2.05, 4.69) is 21.2 Å². The lowest BCUT2D eigenvalue weighted by Gasteiger charge is -2.31. The van der Waals surface area contributed by atoms with Crippen molar-refractivity contribution in [2.45, 2.75) is 24.8 Å². The fourth-order valence-electron chi connectivity index (χ4n) is 3.42. The highest BCUT2D eigenvalue weighted by molar-refractivity contribution is 9.10. The first kappa shape index (κ1) is 24.1. The summed E-state index contributed by atoms with van der Waals surface area (Å²) >= 11 is 5.01. The number of hydrogen-bond acceptors (Lipinski definition) is 3. The van der Waals surface area contributed by atoms with Gasteiger partial charge in [-0.05, 0) is 28.8 Å². The summed E-state index contributed by atoms with van der Waals surface area (Å²) in [6.45, 7) is 0.392. The fourth-order valence-corrected chi connectivity index (χ4v) is 4.56. The van der Waals surface area contributed by atoms with E-state index >= 15 is 0 Å². The minimum absolute atomic E-state index is 0.0412. The second-order valence-electron chi connectivity index (χ2n) is 7.45. The van der Waals surface area contributed by atoms with E-state index in [4.69, 9.17) is 0 Å². The van der Waals surface area contributed by atoms with Crippen molar-refractivity contribution >= 4 is 39.5 Å². The molecule has 3 aromatic carbocycles. The molecule has 1 N–H and O–H groups in total. The maximum atomic E-state index is 13.4. The number of thioether (sulfide) groups is 1. The van der Waals surface area contributed by atoms with Crippen LogP contribution in [-0.4, -0.2) is 35.6 Å². The van der Waals surface area contributed by atoms with Crippen molar-refractivity contribution in [2.75, 3.05) is 12.8 Å². The molecule has 0 aliphatic rings. The van der Waals surface area contributed by atoms with Crippen LogP contribution in [-0.2, 0) is 28.3 Å². The van der Waals surface area contributed by atoms with Crippen molar-refractivity contribution in [2.24, 2.45) is 0 Å². The Morgan fingerprint density at radius 3 is 2.06 bits per heavy atom. The molecule has 0 saturated carbocycles. The Labute approximate surface area is 202 Å². The van der Waals surface area contributed by atoms with E-state index in [-0.39, 0.29) is 11.8 Å². The van der Waals surface area contributed by atoms with E-state index in [1.807, 2.05) is 84.9 Å². The third-order valence-corrected chi connectivity index (χ3v) is 6.64. The van der Waals surface area contributed by atoms with E-state index < -0.39 is 6.04 Å². The number of rotatable bonds is 10. The maximum Gasteiger partial charge on any atom is 0.242 e. The Morgan fingerprint density at radius 1 is 0.875 bits per heavy atom. The van der Waals surface area contributed by atoms with Crippen molar-refractivity contribution in [1.29, 1.82) is 0 Å². The van der Waals surface area contributed by atoms with E-state index in [1.54, 1.807) is 23.7 Å². The van der Waals surface area contributed by atoms with Gasteiger partial charge in [0.1, 0.15) is 6.04 Å². The number of benzene rings is 3. The van der Waals surface area contributed by atoms with E-state index in [1.165, 1.54) is 0 Å². The van der Waals surface area contributed by atoms with Crippen LogP contribution in [0.1, 0.15) is 16.7 Å². The van der Waals surface area contributed by atoms with E-state index in [0.717, 1.165) is 26.9 Å². The molecule has 0 aliphatic carbocycles. The van der Waals surface area contributed by atoms with Gasteiger partial charge in [-0.2, -0.15) is 0 Å². The lowest BCUT2D eigenvalue weighted by molar-refractivity contribution is -0.139. The average molecular weight is 511 g/mol. The highest BCUT2D eigenvalue weighted by Crippen LogP contribution is 2.19. The number of nitrogens with zero attached hydrogens (tertiary/aromatic N) is 1. The van der Waals surface area contributed by atoms with Gasteiger partial charge in [0, 0.05) is 30.2 Å². The third kappa shape index (κ3) is 7.24. The van der Waals surface area contributed by atoms with Gasteiger partial charge in [-0.1, -0.05) is 88.7 Å². The first-order chi connectivity index (χ1) is 15.6. The van der Waals surface area contributed by atoms with Crippen LogP contribution >= 0.6 is 27.7 Å². The lowest BCUT2D eigenvalue weighted by atomic mass is 10.0. The Balaban J connectivity index is 1.77. The van der Waals surface area contributed by atoms with Gasteiger partial charge in [-0.25, -0.2) is 0 Å². The molecule has 0 fully saturated rings.